The first kappa shape index (κ1) is 16.1. The van der Waals surface area contributed by atoms with E-state index in [1.807, 2.05) is 62.8 Å². The van der Waals surface area contributed by atoms with Crippen LogP contribution in [-0.2, 0) is 18.4 Å². The highest BCUT2D eigenvalue weighted by molar-refractivity contribution is 5.91. The quantitative estimate of drug-likeness (QED) is 0.921. The average Bonchev–Trinajstić information content (AvgIpc) is 2.81. The standard InChI is InChI=1S/C17H23N3O2/c1-17(2,3)11-16(21)19-13-5-7-14(8-6-13)22-12-15-18-9-10-20(15)4/h5-10H,11-12H2,1-4H3,(H,19,21). The third-order valence-electron chi connectivity index (χ3n) is 3.12. The molecule has 2 rings (SSSR count). The van der Waals surface area contributed by atoms with Crippen molar-refractivity contribution in [2.75, 3.05) is 5.32 Å². The summed E-state index contributed by atoms with van der Waals surface area (Å²) in [4.78, 5) is 16.1. The van der Waals surface area contributed by atoms with E-state index in [1.54, 1.807) is 6.20 Å². The van der Waals surface area contributed by atoms with Crippen LogP contribution in [0, 0.1) is 5.41 Å². The topological polar surface area (TPSA) is 56.1 Å². The van der Waals surface area contributed by atoms with Gasteiger partial charge in [0.25, 0.3) is 0 Å². The zero-order chi connectivity index (χ0) is 16.2. The Morgan fingerprint density at radius 2 is 1.95 bits per heavy atom. The monoisotopic (exact) mass is 301 g/mol. The van der Waals surface area contributed by atoms with Gasteiger partial charge in [0.2, 0.25) is 5.91 Å². The van der Waals surface area contributed by atoms with E-state index in [-0.39, 0.29) is 11.3 Å². The molecule has 1 N–H and O–H groups in total. The summed E-state index contributed by atoms with van der Waals surface area (Å²) < 4.78 is 7.59. The molecule has 2 aromatic rings. The smallest absolute Gasteiger partial charge is 0.224 e. The number of hydrogen-bond acceptors (Lipinski definition) is 3. The van der Waals surface area contributed by atoms with Gasteiger partial charge in [0.05, 0.1) is 0 Å². The third kappa shape index (κ3) is 4.91. The van der Waals surface area contributed by atoms with E-state index in [0.717, 1.165) is 17.3 Å². The molecule has 0 saturated carbocycles. The van der Waals surface area contributed by atoms with Crippen molar-refractivity contribution >= 4 is 11.6 Å². The van der Waals surface area contributed by atoms with Gasteiger partial charge < -0.3 is 14.6 Å². The number of aromatic nitrogens is 2. The maximum Gasteiger partial charge on any atom is 0.224 e. The minimum atomic E-state index is -0.0186. The van der Waals surface area contributed by atoms with Gasteiger partial charge >= 0.3 is 0 Å². The SMILES string of the molecule is Cn1ccnc1COc1ccc(NC(=O)CC(C)(C)C)cc1. The first-order valence-corrected chi connectivity index (χ1v) is 7.32. The number of benzene rings is 1. The Morgan fingerprint density at radius 3 is 2.50 bits per heavy atom. The molecule has 0 spiro atoms. The summed E-state index contributed by atoms with van der Waals surface area (Å²) in [5.41, 5.74) is 0.758. The van der Waals surface area contributed by atoms with E-state index in [9.17, 15) is 4.79 Å². The summed E-state index contributed by atoms with van der Waals surface area (Å²) in [7, 11) is 1.93. The van der Waals surface area contributed by atoms with E-state index in [2.05, 4.69) is 10.3 Å². The average molecular weight is 301 g/mol. The maximum atomic E-state index is 11.9. The zero-order valence-electron chi connectivity index (χ0n) is 13.6. The molecule has 0 atom stereocenters. The molecule has 118 valence electrons. The molecule has 5 nitrogen and oxygen atoms in total. The Bertz CT molecular complexity index is 624. The molecule has 1 amide bonds. The number of anilines is 1. The highest BCUT2D eigenvalue weighted by Crippen LogP contribution is 2.21. The second kappa shape index (κ2) is 6.64. The van der Waals surface area contributed by atoms with Gasteiger partial charge in [-0.3, -0.25) is 4.79 Å². The summed E-state index contributed by atoms with van der Waals surface area (Å²) >= 11 is 0. The zero-order valence-corrected chi connectivity index (χ0v) is 13.6. The molecule has 0 aliphatic carbocycles. The van der Waals surface area contributed by atoms with Crippen LogP contribution in [-0.4, -0.2) is 15.5 Å². The summed E-state index contributed by atoms with van der Waals surface area (Å²) in [6, 6.07) is 7.37. The molecule has 0 aliphatic rings. The molecular formula is C17H23N3O2. The molecule has 5 heteroatoms. The van der Waals surface area contributed by atoms with Gasteiger partial charge in [-0.2, -0.15) is 0 Å². The second-order valence-electron chi connectivity index (χ2n) is 6.55. The number of rotatable bonds is 5. The maximum absolute atomic E-state index is 11.9. The Kier molecular flexibility index (Phi) is 4.85. The Labute approximate surface area is 131 Å². The minimum Gasteiger partial charge on any atom is -0.486 e. The first-order valence-electron chi connectivity index (χ1n) is 7.32. The van der Waals surface area contributed by atoms with Crippen LogP contribution in [0.2, 0.25) is 0 Å². The van der Waals surface area contributed by atoms with Crippen LogP contribution < -0.4 is 10.1 Å². The fourth-order valence-corrected chi connectivity index (χ4v) is 2.00. The predicted molar refractivity (Wildman–Crippen MR) is 86.7 cm³/mol. The molecule has 1 aromatic heterocycles. The Morgan fingerprint density at radius 1 is 1.27 bits per heavy atom. The number of ether oxygens (including phenoxy) is 1. The molecule has 22 heavy (non-hydrogen) atoms. The molecular weight excluding hydrogens is 278 g/mol. The lowest BCUT2D eigenvalue weighted by molar-refractivity contribution is -0.117. The molecule has 1 aromatic carbocycles. The van der Waals surface area contributed by atoms with Gasteiger partial charge in [-0.1, -0.05) is 20.8 Å². The number of amides is 1. The van der Waals surface area contributed by atoms with E-state index < -0.39 is 0 Å². The largest absolute Gasteiger partial charge is 0.486 e. The van der Waals surface area contributed by atoms with Crippen molar-refractivity contribution in [3.05, 3.63) is 42.5 Å². The van der Waals surface area contributed by atoms with Gasteiger partial charge in [0, 0.05) is 31.5 Å². The van der Waals surface area contributed by atoms with E-state index in [0.29, 0.717) is 13.0 Å². The van der Waals surface area contributed by atoms with E-state index in [1.165, 1.54) is 0 Å². The van der Waals surface area contributed by atoms with Gasteiger partial charge in [-0.15, -0.1) is 0 Å². The number of nitrogens with zero attached hydrogens (tertiary/aromatic N) is 2. The number of hydrogen-bond donors (Lipinski definition) is 1. The summed E-state index contributed by atoms with van der Waals surface area (Å²) in [6.07, 6.45) is 4.11. The molecule has 0 radical (unpaired) electrons. The molecule has 0 fully saturated rings. The fourth-order valence-electron chi connectivity index (χ4n) is 2.00. The normalized spacial score (nSPS) is 11.3. The number of imidazole rings is 1. The van der Waals surface area contributed by atoms with Gasteiger partial charge in [0.15, 0.2) is 0 Å². The van der Waals surface area contributed by atoms with Crippen LogP contribution in [0.25, 0.3) is 0 Å². The van der Waals surface area contributed by atoms with Crippen LogP contribution in [0.4, 0.5) is 5.69 Å². The van der Waals surface area contributed by atoms with Crippen molar-refractivity contribution < 1.29 is 9.53 Å². The van der Waals surface area contributed by atoms with Crippen molar-refractivity contribution in [1.82, 2.24) is 9.55 Å². The Balaban J connectivity index is 1.87. The van der Waals surface area contributed by atoms with E-state index in [4.69, 9.17) is 4.74 Å². The lowest BCUT2D eigenvalue weighted by Gasteiger charge is -2.17. The van der Waals surface area contributed by atoms with Crippen molar-refractivity contribution in [1.29, 1.82) is 0 Å². The molecule has 0 unspecified atom stereocenters. The van der Waals surface area contributed by atoms with E-state index >= 15 is 0 Å². The van der Waals surface area contributed by atoms with Crippen LogP contribution in [0.15, 0.2) is 36.7 Å². The second-order valence-corrected chi connectivity index (χ2v) is 6.55. The lowest BCUT2D eigenvalue weighted by Crippen LogP contribution is -2.19. The summed E-state index contributed by atoms with van der Waals surface area (Å²) in [5, 5.41) is 2.89. The summed E-state index contributed by atoms with van der Waals surface area (Å²) in [5.74, 6) is 1.63. The predicted octanol–water partition coefficient (Wildman–Crippen LogP) is 3.37. The molecule has 1 heterocycles. The number of nitrogens with one attached hydrogen (secondary N) is 1. The van der Waals surface area contributed by atoms with Crippen molar-refractivity contribution in [2.45, 2.75) is 33.8 Å². The summed E-state index contributed by atoms with van der Waals surface area (Å²) in [6.45, 7) is 6.54. The van der Waals surface area contributed by atoms with Crippen LogP contribution in [0.1, 0.15) is 33.0 Å². The van der Waals surface area contributed by atoms with Crippen molar-refractivity contribution in [2.24, 2.45) is 12.5 Å². The minimum absolute atomic E-state index is 0.0186. The molecule has 0 bridgehead atoms. The van der Waals surface area contributed by atoms with Crippen LogP contribution in [0.5, 0.6) is 5.75 Å². The van der Waals surface area contributed by atoms with Gasteiger partial charge in [-0.05, 0) is 29.7 Å². The molecule has 0 aliphatic heterocycles. The third-order valence-corrected chi connectivity index (χ3v) is 3.12. The number of carbonyl (C=O) groups excluding carboxylic acids is 1. The highest BCUT2D eigenvalue weighted by Gasteiger charge is 2.15. The Hall–Kier alpha value is -2.30. The number of aryl methyl sites for hydroxylation is 1. The van der Waals surface area contributed by atoms with Crippen LogP contribution in [0.3, 0.4) is 0 Å². The fraction of sp³-hybridized carbons (Fsp3) is 0.412. The van der Waals surface area contributed by atoms with Crippen LogP contribution >= 0.6 is 0 Å². The van der Waals surface area contributed by atoms with Crippen molar-refractivity contribution in [3.8, 4) is 5.75 Å². The van der Waals surface area contributed by atoms with Gasteiger partial charge in [-0.25, -0.2) is 4.98 Å². The van der Waals surface area contributed by atoms with Gasteiger partial charge in [0.1, 0.15) is 18.2 Å². The first-order chi connectivity index (χ1) is 10.3. The van der Waals surface area contributed by atoms with Crippen molar-refractivity contribution in [3.63, 3.8) is 0 Å². The molecule has 0 saturated heterocycles. The lowest BCUT2D eigenvalue weighted by atomic mass is 9.92. The highest BCUT2D eigenvalue weighted by atomic mass is 16.5. The number of carbonyl (C=O) groups is 1.